The summed E-state index contributed by atoms with van der Waals surface area (Å²) in [4.78, 5) is 23.2. The number of carboxylic acids is 1. The van der Waals surface area contributed by atoms with E-state index in [1.54, 1.807) is 24.3 Å². The van der Waals surface area contributed by atoms with Crippen LogP contribution in [0.3, 0.4) is 0 Å². The zero-order valence-electron chi connectivity index (χ0n) is 13.1. The molecule has 0 aliphatic heterocycles. The molecule has 0 aliphatic carbocycles. The number of rotatable bonds is 7. The van der Waals surface area contributed by atoms with Crippen molar-refractivity contribution in [2.45, 2.75) is 45.3 Å². The Morgan fingerprint density at radius 3 is 2.50 bits per heavy atom. The molecule has 0 spiro atoms. The Kier molecular flexibility index (Phi) is 6.84. The van der Waals surface area contributed by atoms with Gasteiger partial charge in [-0.05, 0) is 32.4 Å². The largest absolute Gasteiger partial charge is 0.480 e. The third-order valence-electron chi connectivity index (χ3n) is 2.88. The summed E-state index contributed by atoms with van der Waals surface area (Å²) in [6.45, 7) is 5.92. The minimum absolute atomic E-state index is 0.0452. The van der Waals surface area contributed by atoms with Crippen molar-refractivity contribution in [3.05, 3.63) is 34.9 Å². The number of carboxylic acid groups (broad SMARTS) is 1. The molecule has 0 fully saturated rings. The third-order valence-corrected chi connectivity index (χ3v) is 3.25. The quantitative estimate of drug-likeness (QED) is 0.807. The molecule has 6 heteroatoms. The maximum atomic E-state index is 12.0. The van der Waals surface area contributed by atoms with Crippen molar-refractivity contribution in [2.24, 2.45) is 0 Å². The summed E-state index contributed by atoms with van der Waals surface area (Å²) < 4.78 is 5.49. The molecule has 1 aromatic carbocycles. The molecule has 1 unspecified atom stereocenters. The maximum Gasteiger partial charge on any atom is 0.326 e. The Hall–Kier alpha value is -1.59. The van der Waals surface area contributed by atoms with Crippen LogP contribution >= 0.6 is 11.6 Å². The highest BCUT2D eigenvalue weighted by atomic mass is 35.5. The molecular weight excluding hydrogens is 306 g/mol. The Balaban J connectivity index is 2.54. The second kappa shape index (κ2) is 8.15. The van der Waals surface area contributed by atoms with E-state index in [2.05, 4.69) is 5.32 Å². The number of benzene rings is 1. The molecular formula is C16H22ClNO4. The number of amides is 1. The lowest BCUT2D eigenvalue weighted by molar-refractivity contribution is -0.142. The predicted octanol–water partition coefficient (Wildman–Crippen LogP) is 2.66. The fourth-order valence-corrected chi connectivity index (χ4v) is 2.00. The smallest absolute Gasteiger partial charge is 0.326 e. The molecule has 5 nitrogen and oxygen atoms in total. The minimum atomic E-state index is -1.08. The number of hydrogen-bond donors (Lipinski definition) is 2. The lowest BCUT2D eigenvalue weighted by Crippen LogP contribution is -2.42. The van der Waals surface area contributed by atoms with Gasteiger partial charge >= 0.3 is 5.97 Å². The Morgan fingerprint density at radius 1 is 1.32 bits per heavy atom. The van der Waals surface area contributed by atoms with E-state index in [9.17, 15) is 14.7 Å². The molecule has 1 aromatic rings. The van der Waals surface area contributed by atoms with Crippen LogP contribution in [0.15, 0.2) is 24.3 Å². The molecule has 1 rings (SSSR count). The van der Waals surface area contributed by atoms with Gasteiger partial charge in [-0.1, -0.05) is 29.8 Å². The van der Waals surface area contributed by atoms with E-state index in [4.69, 9.17) is 16.3 Å². The van der Waals surface area contributed by atoms with Crippen molar-refractivity contribution < 1.29 is 19.4 Å². The summed E-state index contributed by atoms with van der Waals surface area (Å²) in [6, 6.07) is 6.00. The first-order valence-electron chi connectivity index (χ1n) is 7.08. The van der Waals surface area contributed by atoms with Crippen molar-refractivity contribution >= 4 is 23.5 Å². The van der Waals surface area contributed by atoms with Crippen LogP contribution in [0.25, 0.3) is 0 Å². The number of nitrogens with one attached hydrogen (secondary N) is 1. The first-order chi connectivity index (χ1) is 10.2. The van der Waals surface area contributed by atoms with Crippen LogP contribution in [0, 0.1) is 0 Å². The van der Waals surface area contributed by atoms with Gasteiger partial charge in [0.05, 0.1) is 12.0 Å². The van der Waals surface area contributed by atoms with Gasteiger partial charge in [0.1, 0.15) is 6.04 Å². The molecule has 0 saturated carbocycles. The maximum absolute atomic E-state index is 12.0. The predicted molar refractivity (Wildman–Crippen MR) is 85.0 cm³/mol. The molecule has 22 heavy (non-hydrogen) atoms. The highest BCUT2D eigenvalue weighted by Crippen LogP contribution is 2.15. The summed E-state index contributed by atoms with van der Waals surface area (Å²) in [5.41, 5.74) is 0.321. The van der Waals surface area contributed by atoms with Crippen LogP contribution < -0.4 is 5.32 Å². The highest BCUT2D eigenvalue weighted by molar-refractivity contribution is 6.31. The standard InChI is InChI=1S/C16H22ClNO4/c1-16(2,3)22-9-8-13(15(20)21)18-14(19)10-11-6-4-5-7-12(11)17/h4-7,13H,8-10H2,1-3H3,(H,18,19)(H,20,21). The van der Waals surface area contributed by atoms with Gasteiger partial charge in [0.25, 0.3) is 0 Å². The van der Waals surface area contributed by atoms with Crippen molar-refractivity contribution in [2.75, 3.05) is 6.61 Å². The Morgan fingerprint density at radius 2 is 1.95 bits per heavy atom. The van der Waals surface area contributed by atoms with Crippen LogP contribution in [0.5, 0.6) is 0 Å². The third kappa shape index (κ3) is 6.91. The second-order valence-corrected chi connectivity index (χ2v) is 6.38. The van der Waals surface area contributed by atoms with Crippen LogP contribution in [-0.4, -0.2) is 35.2 Å². The van der Waals surface area contributed by atoms with Gasteiger partial charge in [-0.3, -0.25) is 4.79 Å². The van der Waals surface area contributed by atoms with Crippen molar-refractivity contribution in [3.63, 3.8) is 0 Å². The minimum Gasteiger partial charge on any atom is -0.480 e. The zero-order valence-corrected chi connectivity index (χ0v) is 13.8. The van der Waals surface area contributed by atoms with Crippen molar-refractivity contribution in [1.29, 1.82) is 0 Å². The van der Waals surface area contributed by atoms with E-state index >= 15 is 0 Å². The molecule has 0 aromatic heterocycles. The van der Waals surface area contributed by atoms with E-state index < -0.39 is 12.0 Å². The number of aliphatic carboxylic acids is 1. The van der Waals surface area contributed by atoms with Gasteiger partial charge in [-0.25, -0.2) is 4.79 Å². The number of hydrogen-bond acceptors (Lipinski definition) is 3. The number of halogens is 1. The second-order valence-electron chi connectivity index (χ2n) is 5.98. The van der Waals surface area contributed by atoms with Gasteiger partial charge in [0.15, 0.2) is 0 Å². The SMILES string of the molecule is CC(C)(C)OCCC(NC(=O)Cc1ccccc1Cl)C(=O)O. The number of carbonyl (C=O) groups is 2. The Bertz CT molecular complexity index is 525. The topological polar surface area (TPSA) is 75.6 Å². The lowest BCUT2D eigenvalue weighted by atomic mass is 10.1. The molecule has 0 saturated heterocycles. The van der Waals surface area contributed by atoms with E-state index in [0.717, 1.165) is 0 Å². The molecule has 122 valence electrons. The average Bonchev–Trinajstić information content (AvgIpc) is 2.38. The van der Waals surface area contributed by atoms with Crippen LogP contribution in [0.4, 0.5) is 0 Å². The monoisotopic (exact) mass is 327 g/mol. The van der Waals surface area contributed by atoms with E-state index in [1.165, 1.54) is 0 Å². The molecule has 0 radical (unpaired) electrons. The van der Waals surface area contributed by atoms with Crippen molar-refractivity contribution in [1.82, 2.24) is 5.32 Å². The van der Waals surface area contributed by atoms with Gasteiger partial charge in [0, 0.05) is 18.1 Å². The summed E-state index contributed by atoms with van der Waals surface area (Å²) in [6.07, 6.45) is 0.254. The Labute approximate surface area is 135 Å². The first-order valence-corrected chi connectivity index (χ1v) is 7.46. The molecule has 1 atom stereocenters. The number of carbonyl (C=O) groups excluding carboxylic acids is 1. The van der Waals surface area contributed by atoms with E-state index in [-0.39, 0.29) is 31.0 Å². The molecule has 1 amide bonds. The van der Waals surface area contributed by atoms with E-state index in [1.807, 2.05) is 20.8 Å². The molecule has 0 heterocycles. The molecule has 2 N–H and O–H groups in total. The zero-order chi connectivity index (χ0) is 16.8. The highest BCUT2D eigenvalue weighted by Gasteiger charge is 2.21. The van der Waals surface area contributed by atoms with Gasteiger partial charge in [-0.15, -0.1) is 0 Å². The molecule has 0 aliphatic rings. The summed E-state index contributed by atoms with van der Waals surface area (Å²) >= 11 is 5.98. The van der Waals surface area contributed by atoms with Gasteiger partial charge in [0.2, 0.25) is 5.91 Å². The van der Waals surface area contributed by atoms with E-state index in [0.29, 0.717) is 10.6 Å². The normalized spacial score (nSPS) is 12.7. The summed E-state index contributed by atoms with van der Waals surface area (Å²) in [5.74, 6) is -1.46. The van der Waals surface area contributed by atoms with Gasteiger partial charge in [-0.2, -0.15) is 0 Å². The fraction of sp³-hybridized carbons (Fsp3) is 0.500. The van der Waals surface area contributed by atoms with Crippen LogP contribution in [0.1, 0.15) is 32.8 Å². The number of ether oxygens (including phenoxy) is 1. The summed E-state index contributed by atoms with van der Waals surface area (Å²) in [7, 11) is 0. The summed E-state index contributed by atoms with van der Waals surface area (Å²) in [5, 5.41) is 12.2. The average molecular weight is 328 g/mol. The van der Waals surface area contributed by atoms with Crippen molar-refractivity contribution in [3.8, 4) is 0 Å². The molecule has 0 bridgehead atoms. The van der Waals surface area contributed by atoms with Gasteiger partial charge < -0.3 is 15.2 Å². The van der Waals surface area contributed by atoms with Crippen LogP contribution in [0.2, 0.25) is 5.02 Å². The fourth-order valence-electron chi connectivity index (χ4n) is 1.80. The first kappa shape index (κ1) is 18.5. The lowest BCUT2D eigenvalue weighted by Gasteiger charge is -2.21. The van der Waals surface area contributed by atoms with Crippen LogP contribution in [-0.2, 0) is 20.7 Å².